The Labute approximate surface area is 130 Å². The normalized spacial score (nSPS) is 26.2. The number of carbonyl (C=O) groups is 3. The molecule has 0 radical (unpaired) electrons. The van der Waals surface area contributed by atoms with Crippen LogP contribution < -0.4 is 0 Å². The number of imide groups is 1. The van der Waals surface area contributed by atoms with Gasteiger partial charge in [0.05, 0.1) is 0 Å². The Balaban J connectivity index is 1.43. The number of nitrogens with zero attached hydrogens (tertiary/aromatic N) is 3. The zero-order valence-electron chi connectivity index (χ0n) is 12.9. The van der Waals surface area contributed by atoms with Crippen LogP contribution in [-0.2, 0) is 9.59 Å². The molecule has 0 aromatic rings. The van der Waals surface area contributed by atoms with Gasteiger partial charge < -0.3 is 9.80 Å². The van der Waals surface area contributed by atoms with E-state index in [-0.39, 0.29) is 37.0 Å². The Morgan fingerprint density at radius 3 is 2.23 bits per heavy atom. The van der Waals surface area contributed by atoms with Gasteiger partial charge in [0, 0.05) is 18.1 Å². The van der Waals surface area contributed by atoms with Crippen LogP contribution in [0.3, 0.4) is 0 Å². The molecule has 0 bridgehead atoms. The van der Waals surface area contributed by atoms with Gasteiger partial charge in [-0.3, -0.25) is 14.5 Å². The van der Waals surface area contributed by atoms with Crippen molar-refractivity contribution in [1.82, 2.24) is 14.7 Å². The minimum Gasteiger partial charge on any atom is -0.335 e. The second-order valence-electron chi connectivity index (χ2n) is 7.09. The number of carbonyl (C=O) groups excluding carboxylic acids is 3. The standard InChI is InChI=1S/C16H23N3O3/c20-14-9-17(11-5-6-11)16(22)18(14)10-15(21)19(13-7-8-13)12-3-1-2-4-12/h11-13H,1-10H2. The van der Waals surface area contributed by atoms with Crippen LogP contribution in [0.15, 0.2) is 0 Å². The molecule has 6 nitrogen and oxygen atoms in total. The maximum Gasteiger partial charge on any atom is 0.327 e. The van der Waals surface area contributed by atoms with E-state index in [2.05, 4.69) is 0 Å². The molecule has 1 aliphatic heterocycles. The molecule has 22 heavy (non-hydrogen) atoms. The van der Waals surface area contributed by atoms with E-state index in [1.165, 1.54) is 17.7 Å². The first kappa shape index (κ1) is 14.0. The molecule has 6 heteroatoms. The zero-order chi connectivity index (χ0) is 15.3. The van der Waals surface area contributed by atoms with Crippen LogP contribution in [0.1, 0.15) is 51.4 Å². The number of hydrogen-bond donors (Lipinski definition) is 0. The lowest BCUT2D eigenvalue weighted by atomic mass is 10.2. The summed E-state index contributed by atoms with van der Waals surface area (Å²) in [4.78, 5) is 41.9. The van der Waals surface area contributed by atoms with Gasteiger partial charge in [0.25, 0.3) is 5.91 Å². The largest absolute Gasteiger partial charge is 0.335 e. The van der Waals surface area contributed by atoms with Crippen molar-refractivity contribution in [2.45, 2.75) is 69.5 Å². The SMILES string of the molecule is O=C1CN(C2CC2)C(=O)N1CC(=O)N(C1CCCC1)C1CC1. The van der Waals surface area contributed by atoms with Gasteiger partial charge in [0.15, 0.2) is 0 Å². The summed E-state index contributed by atoms with van der Waals surface area (Å²) in [7, 11) is 0. The van der Waals surface area contributed by atoms with E-state index in [4.69, 9.17) is 0 Å². The van der Waals surface area contributed by atoms with Gasteiger partial charge in [0.1, 0.15) is 13.1 Å². The van der Waals surface area contributed by atoms with Crippen LogP contribution in [0.25, 0.3) is 0 Å². The lowest BCUT2D eigenvalue weighted by Crippen LogP contribution is -2.47. The Morgan fingerprint density at radius 2 is 1.64 bits per heavy atom. The van der Waals surface area contributed by atoms with Gasteiger partial charge in [-0.15, -0.1) is 0 Å². The third kappa shape index (κ3) is 2.48. The molecular formula is C16H23N3O3. The molecule has 0 aromatic heterocycles. The van der Waals surface area contributed by atoms with E-state index in [9.17, 15) is 14.4 Å². The second-order valence-corrected chi connectivity index (χ2v) is 7.09. The van der Waals surface area contributed by atoms with E-state index in [0.717, 1.165) is 38.5 Å². The third-order valence-electron chi connectivity index (χ3n) is 5.31. The van der Waals surface area contributed by atoms with Gasteiger partial charge in [-0.05, 0) is 38.5 Å². The van der Waals surface area contributed by atoms with E-state index < -0.39 is 0 Å². The maximum atomic E-state index is 12.7. The van der Waals surface area contributed by atoms with Crippen molar-refractivity contribution < 1.29 is 14.4 Å². The predicted molar refractivity (Wildman–Crippen MR) is 79.0 cm³/mol. The fraction of sp³-hybridized carbons (Fsp3) is 0.812. The highest BCUT2D eigenvalue weighted by Gasteiger charge is 2.46. The Bertz CT molecular complexity index is 507. The van der Waals surface area contributed by atoms with Crippen molar-refractivity contribution in [3.63, 3.8) is 0 Å². The smallest absolute Gasteiger partial charge is 0.327 e. The molecule has 0 unspecified atom stereocenters. The highest BCUT2D eigenvalue weighted by atomic mass is 16.2. The molecule has 0 spiro atoms. The molecule has 4 rings (SSSR count). The summed E-state index contributed by atoms with van der Waals surface area (Å²) in [6, 6.07) is 0.643. The van der Waals surface area contributed by atoms with Gasteiger partial charge in [-0.1, -0.05) is 12.8 Å². The minimum atomic E-state index is -0.261. The summed E-state index contributed by atoms with van der Waals surface area (Å²) < 4.78 is 0. The summed E-state index contributed by atoms with van der Waals surface area (Å²) in [5, 5.41) is 0. The topological polar surface area (TPSA) is 60.9 Å². The predicted octanol–water partition coefficient (Wildman–Crippen LogP) is 1.35. The van der Waals surface area contributed by atoms with Crippen molar-refractivity contribution in [1.29, 1.82) is 0 Å². The average molecular weight is 305 g/mol. The van der Waals surface area contributed by atoms with Gasteiger partial charge >= 0.3 is 6.03 Å². The zero-order valence-corrected chi connectivity index (χ0v) is 12.9. The fourth-order valence-electron chi connectivity index (χ4n) is 3.85. The van der Waals surface area contributed by atoms with E-state index in [1.54, 1.807) is 4.90 Å². The molecule has 3 saturated carbocycles. The van der Waals surface area contributed by atoms with Crippen molar-refractivity contribution in [2.75, 3.05) is 13.1 Å². The number of rotatable bonds is 5. The van der Waals surface area contributed by atoms with Crippen molar-refractivity contribution in [2.24, 2.45) is 0 Å². The molecule has 0 atom stereocenters. The molecule has 1 saturated heterocycles. The van der Waals surface area contributed by atoms with Crippen LogP contribution in [0.2, 0.25) is 0 Å². The first-order chi connectivity index (χ1) is 10.6. The fourth-order valence-corrected chi connectivity index (χ4v) is 3.85. The van der Waals surface area contributed by atoms with Crippen LogP contribution in [0, 0.1) is 0 Å². The highest BCUT2D eigenvalue weighted by molar-refractivity contribution is 6.04. The van der Waals surface area contributed by atoms with Crippen LogP contribution >= 0.6 is 0 Å². The first-order valence-electron chi connectivity index (χ1n) is 8.57. The summed E-state index contributed by atoms with van der Waals surface area (Å²) >= 11 is 0. The van der Waals surface area contributed by atoms with Crippen LogP contribution in [0.4, 0.5) is 4.79 Å². The summed E-state index contributed by atoms with van der Waals surface area (Å²) in [6.07, 6.45) is 8.60. The number of urea groups is 1. The van der Waals surface area contributed by atoms with Gasteiger partial charge in [0.2, 0.25) is 5.91 Å². The molecule has 0 N–H and O–H groups in total. The maximum absolute atomic E-state index is 12.7. The third-order valence-corrected chi connectivity index (χ3v) is 5.31. The summed E-state index contributed by atoms with van der Waals surface area (Å²) in [5.41, 5.74) is 0. The van der Waals surface area contributed by atoms with E-state index >= 15 is 0 Å². The van der Waals surface area contributed by atoms with Crippen molar-refractivity contribution in [3.8, 4) is 0 Å². The minimum absolute atomic E-state index is 0.0336. The van der Waals surface area contributed by atoms with Gasteiger partial charge in [-0.2, -0.15) is 0 Å². The molecule has 0 aromatic carbocycles. The lowest BCUT2D eigenvalue weighted by Gasteiger charge is -2.30. The summed E-state index contributed by atoms with van der Waals surface area (Å²) in [5.74, 6) is -0.249. The first-order valence-corrected chi connectivity index (χ1v) is 8.57. The Morgan fingerprint density at radius 1 is 1.00 bits per heavy atom. The van der Waals surface area contributed by atoms with Crippen LogP contribution in [-0.4, -0.2) is 63.8 Å². The molecular weight excluding hydrogens is 282 g/mol. The van der Waals surface area contributed by atoms with Crippen molar-refractivity contribution in [3.05, 3.63) is 0 Å². The molecule has 120 valence electrons. The number of hydrogen-bond acceptors (Lipinski definition) is 3. The summed E-state index contributed by atoms with van der Waals surface area (Å²) in [6.45, 7) is 0.0948. The Hall–Kier alpha value is -1.59. The monoisotopic (exact) mass is 305 g/mol. The molecule has 1 heterocycles. The van der Waals surface area contributed by atoms with Crippen molar-refractivity contribution >= 4 is 17.8 Å². The van der Waals surface area contributed by atoms with Gasteiger partial charge in [-0.25, -0.2) is 4.79 Å². The average Bonchev–Trinajstić information content (AvgIpc) is 3.41. The Kier molecular flexibility index (Phi) is 3.35. The van der Waals surface area contributed by atoms with Crippen LogP contribution in [0.5, 0.6) is 0 Å². The molecule has 4 fully saturated rings. The number of amides is 4. The quantitative estimate of drug-likeness (QED) is 0.720. The van der Waals surface area contributed by atoms with E-state index in [0.29, 0.717) is 12.1 Å². The molecule has 4 aliphatic rings. The molecule has 4 amide bonds. The second kappa shape index (κ2) is 5.25. The lowest BCUT2D eigenvalue weighted by molar-refractivity contribution is -0.138. The highest BCUT2D eigenvalue weighted by Crippen LogP contribution is 2.35. The van der Waals surface area contributed by atoms with E-state index in [1.807, 2.05) is 4.90 Å². The molecule has 3 aliphatic carbocycles.